The van der Waals surface area contributed by atoms with E-state index in [9.17, 15) is 0 Å². The Morgan fingerprint density at radius 2 is 2.00 bits per heavy atom. The third kappa shape index (κ3) is 1.86. The summed E-state index contributed by atoms with van der Waals surface area (Å²) in [6.07, 6.45) is 0. The number of halogens is 1. The first kappa shape index (κ1) is 9.81. The van der Waals surface area contributed by atoms with Gasteiger partial charge in [-0.1, -0.05) is 23.7 Å². The van der Waals surface area contributed by atoms with E-state index in [-0.39, 0.29) is 0 Å². The smallest absolute Gasteiger partial charge is 0.0642 e. The normalized spacial score (nSPS) is 17.1. The van der Waals surface area contributed by atoms with Crippen LogP contribution >= 0.6 is 11.6 Å². The highest BCUT2D eigenvalue weighted by molar-refractivity contribution is 6.33. The molecule has 1 aliphatic rings. The molecule has 0 N–H and O–H groups in total. The van der Waals surface area contributed by atoms with Gasteiger partial charge < -0.3 is 9.64 Å². The Kier molecular flexibility index (Phi) is 2.94. The summed E-state index contributed by atoms with van der Waals surface area (Å²) in [5, 5.41) is 0.840. The van der Waals surface area contributed by atoms with Crippen molar-refractivity contribution in [3.05, 3.63) is 28.8 Å². The van der Waals surface area contributed by atoms with Crippen LogP contribution in [0.15, 0.2) is 18.2 Å². The number of ether oxygens (including phenoxy) is 1. The zero-order valence-corrected chi connectivity index (χ0v) is 9.05. The van der Waals surface area contributed by atoms with Crippen molar-refractivity contribution in [2.75, 3.05) is 31.2 Å². The summed E-state index contributed by atoms with van der Waals surface area (Å²) in [5.41, 5.74) is 2.40. The van der Waals surface area contributed by atoms with Crippen LogP contribution in [0, 0.1) is 6.92 Å². The van der Waals surface area contributed by atoms with Gasteiger partial charge in [0.05, 0.1) is 23.9 Å². The fourth-order valence-corrected chi connectivity index (χ4v) is 2.15. The molecule has 0 radical (unpaired) electrons. The lowest BCUT2D eigenvalue weighted by Crippen LogP contribution is -2.36. The van der Waals surface area contributed by atoms with Crippen molar-refractivity contribution in [3.8, 4) is 0 Å². The van der Waals surface area contributed by atoms with Gasteiger partial charge in [0.2, 0.25) is 0 Å². The highest BCUT2D eigenvalue weighted by Crippen LogP contribution is 2.29. The lowest BCUT2D eigenvalue weighted by Gasteiger charge is -2.30. The van der Waals surface area contributed by atoms with Gasteiger partial charge in [-0.05, 0) is 18.6 Å². The van der Waals surface area contributed by atoms with Gasteiger partial charge in [-0.2, -0.15) is 0 Å². The lowest BCUT2D eigenvalue weighted by atomic mass is 10.1. The molecule has 0 atom stereocenters. The molecule has 0 aromatic heterocycles. The molecular formula is C11H14ClNO. The summed E-state index contributed by atoms with van der Waals surface area (Å²) in [7, 11) is 0. The van der Waals surface area contributed by atoms with Crippen LogP contribution in [0.2, 0.25) is 5.02 Å². The lowest BCUT2D eigenvalue weighted by molar-refractivity contribution is 0.122. The van der Waals surface area contributed by atoms with E-state index < -0.39 is 0 Å². The van der Waals surface area contributed by atoms with E-state index in [4.69, 9.17) is 16.3 Å². The van der Waals surface area contributed by atoms with Crippen LogP contribution in [0.25, 0.3) is 0 Å². The maximum absolute atomic E-state index is 6.18. The fourth-order valence-electron chi connectivity index (χ4n) is 1.81. The Morgan fingerprint density at radius 3 is 2.64 bits per heavy atom. The highest BCUT2D eigenvalue weighted by Gasteiger charge is 2.15. The number of benzene rings is 1. The SMILES string of the molecule is Cc1cccc(Cl)c1N1CCOCC1. The van der Waals surface area contributed by atoms with Gasteiger partial charge in [-0.25, -0.2) is 0 Å². The van der Waals surface area contributed by atoms with Gasteiger partial charge >= 0.3 is 0 Å². The average molecular weight is 212 g/mol. The third-order valence-corrected chi connectivity index (χ3v) is 2.82. The molecule has 1 fully saturated rings. The molecule has 0 spiro atoms. The number of anilines is 1. The maximum Gasteiger partial charge on any atom is 0.0642 e. The van der Waals surface area contributed by atoms with Gasteiger partial charge in [0, 0.05) is 13.1 Å². The van der Waals surface area contributed by atoms with Gasteiger partial charge in [0.15, 0.2) is 0 Å². The molecule has 1 heterocycles. The standard InChI is InChI=1S/C11H14ClNO/c1-9-3-2-4-10(12)11(9)13-5-7-14-8-6-13/h2-4H,5-8H2,1H3. The van der Waals surface area contributed by atoms with Crippen molar-refractivity contribution in [2.45, 2.75) is 6.92 Å². The summed E-state index contributed by atoms with van der Waals surface area (Å²) < 4.78 is 5.32. The largest absolute Gasteiger partial charge is 0.378 e. The van der Waals surface area contributed by atoms with Gasteiger partial charge in [0.1, 0.15) is 0 Å². The van der Waals surface area contributed by atoms with E-state index in [2.05, 4.69) is 17.9 Å². The minimum atomic E-state index is 0.796. The highest BCUT2D eigenvalue weighted by atomic mass is 35.5. The van der Waals surface area contributed by atoms with Crippen LogP contribution in [0.4, 0.5) is 5.69 Å². The Labute approximate surface area is 89.4 Å². The summed E-state index contributed by atoms with van der Waals surface area (Å²) in [4.78, 5) is 2.29. The molecule has 0 amide bonds. The minimum Gasteiger partial charge on any atom is -0.378 e. The second kappa shape index (κ2) is 4.20. The van der Waals surface area contributed by atoms with Crippen LogP contribution < -0.4 is 4.90 Å². The van der Waals surface area contributed by atoms with E-state index >= 15 is 0 Å². The minimum absolute atomic E-state index is 0.796. The van der Waals surface area contributed by atoms with E-state index in [1.54, 1.807) is 0 Å². The first-order chi connectivity index (χ1) is 6.79. The van der Waals surface area contributed by atoms with Crippen LogP contribution in [0.3, 0.4) is 0 Å². The predicted molar refractivity (Wildman–Crippen MR) is 59.2 cm³/mol. The molecule has 2 rings (SSSR count). The Hall–Kier alpha value is -0.730. The molecule has 1 aromatic carbocycles. The molecule has 2 nitrogen and oxygen atoms in total. The van der Waals surface area contributed by atoms with E-state index in [1.807, 2.05) is 12.1 Å². The van der Waals surface area contributed by atoms with E-state index in [1.165, 1.54) is 5.56 Å². The Morgan fingerprint density at radius 1 is 1.29 bits per heavy atom. The van der Waals surface area contributed by atoms with Crippen molar-refractivity contribution in [2.24, 2.45) is 0 Å². The number of aryl methyl sites for hydroxylation is 1. The zero-order valence-electron chi connectivity index (χ0n) is 8.29. The predicted octanol–water partition coefficient (Wildman–Crippen LogP) is 2.49. The van der Waals surface area contributed by atoms with Crippen molar-refractivity contribution >= 4 is 17.3 Å². The van der Waals surface area contributed by atoms with Crippen LogP contribution in [0.5, 0.6) is 0 Å². The average Bonchev–Trinajstić information content (AvgIpc) is 2.19. The quantitative estimate of drug-likeness (QED) is 0.708. The summed E-state index contributed by atoms with van der Waals surface area (Å²) in [6, 6.07) is 6.03. The molecule has 0 unspecified atom stereocenters. The van der Waals surface area contributed by atoms with E-state index in [0.717, 1.165) is 37.0 Å². The van der Waals surface area contributed by atoms with Crippen molar-refractivity contribution < 1.29 is 4.74 Å². The first-order valence-corrected chi connectivity index (χ1v) is 5.24. The summed E-state index contributed by atoms with van der Waals surface area (Å²) in [5.74, 6) is 0. The summed E-state index contributed by atoms with van der Waals surface area (Å²) >= 11 is 6.18. The molecule has 76 valence electrons. The molecule has 0 aliphatic carbocycles. The second-order valence-corrected chi connectivity index (χ2v) is 3.91. The van der Waals surface area contributed by atoms with Gasteiger partial charge in [-0.3, -0.25) is 0 Å². The molecule has 0 saturated carbocycles. The van der Waals surface area contributed by atoms with Gasteiger partial charge in [0.25, 0.3) is 0 Å². The zero-order chi connectivity index (χ0) is 9.97. The van der Waals surface area contributed by atoms with Crippen LogP contribution in [0.1, 0.15) is 5.56 Å². The molecule has 14 heavy (non-hydrogen) atoms. The van der Waals surface area contributed by atoms with Gasteiger partial charge in [-0.15, -0.1) is 0 Å². The number of nitrogens with zero attached hydrogens (tertiary/aromatic N) is 1. The Balaban J connectivity index is 2.29. The first-order valence-electron chi connectivity index (χ1n) is 4.87. The Bertz CT molecular complexity index is 301. The molecule has 1 aliphatic heterocycles. The van der Waals surface area contributed by atoms with E-state index in [0.29, 0.717) is 0 Å². The third-order valence-electron chi connectivity index (χ3n) is 2.52. The van der Waals surface area contributed by atoms with Crippen LogP contribution in [-0.2, 0) is 4.74 Å². The summed E-state index contributed by atoms with van der Waals surface area (Å²) in [6.45, 7) is 5.56. The molecule has 0 bridgehead atoms. The van der Waals surface area contributed by atoms with Crippen molar-refractivity contribution in [3.63, 3.8) is 0 Å². The van der Waals surface area contributed by atoms with Crippen LogP contribution in [-0.4, -0.2) is 26.3 Å². The number of para-hydroxylation sites is 1. The monoisotopic (exact) mass is 211 g/mol. The number of hydrogen-bond donors (Lipinski definition) is 0. The number of rotatable bonds is 1. The number of morpholine rings is 1. The molecule has 3 heteroatoms. The number of hydrogen-bond acceptors (Lipinski definition) is 2. The molecule has 1 aromatic rings. The molecular weight excluding hydrogens is 198 g/mol. The fraction of sp³-hybridized carbons (Fsp3) is 0.455. The van der Waals surface area contributed by atoms with Crippen molar-refractivity contribution in [1.82, 2.24) is 0 Å². The topological polar surface area (TPSA) is 12.5 Å². The van der Waals surface area contributed by atoms with Crippen molar-refractivity contribution in [1.29, 1.82) is 0 Å². The maximum atomic E-state index is 6.18. The molecule has 1 saturated heterocycles. The second-order valence-electron chi connectivity index (χ2n) is 3.50.